The van der Waals surface area contributed by atoms with Crippen molar-refractivity contribution in [3.63, 3.8) is 0 Å². The summed E-state index contributed by atoms with van der Waals surface area (Å²) in [5, 5.41) is 0. The number of fused-ring (bicyclic) bond motifs is 1. The zero-order valence-corrected chi connectivity index (χ0v) is 12.1. The van der Waals surface area contributed by atoms with Crippen LogP contribution >= 0.6 is 0 Å². The van der Waals surface area contributed by atoms with E-state index < -0.39 is 0 Å². The van der Waals surface area contributed by atoms with Gasteiger partial charge in [-0.25, -0.2) is 0 Å². The molecule has 2 nitrogen and oxygen atoms in total. The highest BCUT2D eigenvalue weighted by Crippen LogP contribution is 2.34. The van der Waals surface area contributed by atoms with Gasteiger partial charge in [0.25, 0.3) is 0 Å². The number of nitrogens with two attached hydrogens (primary N) is 1. The molecule has 2 aliphatic rings. The van der Waals surface area contributed by atoms with Crippen LogP contribution in [0.25, 0.3) is 0 Å². The lowest BCUT2D eigenvalue weighted by Crippen LogP contribution is -2.54. The molecule has 1 fully saturated rings. The maximum Gasteiger partial charge on any atom is 0.0401 e. The summed E-state index contributed by atoms with van der Waals surface area (Å²) < 4.78 is 0. The molecule has 19 heavy (non-hydrogen) atoms. The third kappa shape index (κ3) is 2.64. The van der Waals surface area contributed by atoms with E-state index in [-0.39, 0.29) is 5.54 Å². The minimum absolute atomic E-state index is 0.0387. The van der Waals surface area contributed by atoms with Gasteiger partial charge in [-0.15, -0.1) is 0 Å². The summed E-state index contributed by atoms with van der Waals surface area (Å²) in [5.41, 5.74) is 9.63. The van der Waals surface area contributed by atoms with Gasteiger partial charge in [0.2, 0.25) is 0 Å². The van der Waals surface area contributed by atoms with Gasteiger partial charge < -0.3 is 10.6 Å². The zero-order chi connectivity index (χ0) is 13.3. The molecule has 1 saturated carbocycles. The molecule has 2 N–H and O–H groups in total. The van der Waals surface area contributed by atoms with Crippen LogP contribution < -0.4 is 10.6 Å². The summed E-state index contributed by atoms with van der Waals surface area (Å²) >= 11 is 0. The molecule has 1 heterocycles. The van der Waals surface area contributed by atoms with Crippen LogP contribution in [0.15, 0.2) is 24.3 Å². The Morgan fingerprint density at radius 1 is 1.21 bits per heavy atom. The highest BCUT2D eigenvalue weighted by molar-refractivity contribution is 5.56. The molecule has 1 aromatic carbocycles. The van der Waals surface area contributed by atoms with Crippen molar-refractivity contribution >= 4 is 5.69 Å². The maximum atomic E-state index is 6.67. The number of aryl methyl sites for hydroxylation is 1. The quantitative estimate of drug-likeness (QED) is 0.880. The monoisotopic (exact) mass is 258 g/mol. The molecule has 0 amide bonds. The number of rotatable bonds is 2. The minimum atomic E-state index is 0.0387. The van der Waals surface area contributed by atoms with Crippen molar-refractivity contribution in [1.82, 2.24) is 0 Å². The Hall–Kier alpha value is -1.02. The molecule has 104 valence electrons. The SMILES string of the molecule is CC1CCc2ccccc2N1CC1(N)CCCCC1. The highest BCUT2D eigenvalue weighted by atomic mass is 15.2. The summed E-state index contributed by atoms with van der Waals surface area (Å²) in [6, 6.07) is 9.49. The van der Waals surface area contributed by atoms with Crippen molar-refractivity contribution < 1.29 is 0 Å². The van der Waals surface area contributed by atoms with Gasteiger partial charge in [0.15, 0.2) is 0 Å². The molecule has 1 aliphatic carbocycles. The normalized spacial score (nSPS) is 26.0. The summed E-state index contributed by atoms with van der Waals surface area (Å²) in [7, 11) is 0. The highest BCUT2D eigenvalue weighted by Gasteiger charge is 2.33. The average Bonchev–Trinajstić information content (AvgIpc) is 2.43. The van der Waals surface area contributed by atoms with Crippen LogP contribution in [0.2, 0.25) is 0 Å². The minimum Gasteiger partial charge on any atom is -0.367 e. The van der Waals surface area contributed by atoms with E-state index in [4.69, 9.17) is 5.73 Å². The van der Waals surface area contributed by atoms with E-state index in [2.05, 4.69) is 36.1 Å². The van der Waals surface area contributed by atoms with E-state index in [0.717, 1.165) is 6.54 Å². The van der Waals surface area contributed by atoms with Crippen molar-refractivity contribution in [2.75, 3.05) is 11.4 Å². The Morgan fingerprint density at radius 2 is 1.95 bits per heavy atom. The Morgan fingerprint density at radius 3 is 2.74 bits per heavy atom. The van der Waals surface area contributed by atoms with Gasteiger partial charge in [-0.1, -0.05) is 37.5 Å². The fourth-order valence-electron chi connectivity index (χ4n) is 3.75. The number of para-hydroxylation sites is 1. The van der Waals surface area contributed by atoms with Gasteiger partial charge in [0, 0.05) is 23.8 Å². The van der Waals surface area contributed by atoms with E-state index in [9.17, 15) is 0 Å². The van der Waals surface area contributed by atoms with E-state index in [1.807, 2.05) is 0 Å². The lowest BCUT2D eigenvalue weighted by atomic mass is 9.81. The molecule has 3 rings (SSSR count). The van der Waals surface area contributed by atoms with Crippen LogP contribution in [0.5, 0.6) is 0 Å². The van der Waals surface area contributed by atoms with Crippen molar-refractivity contribution in [3.8, 4) is 0 Å². The molecule has 2 heteroatoms. The lowest BCUT2D eigenvalue weighted by Gasteiger charge is -2.44. The molecule has 0 spiro atoms. The smallest absolute Gasteiger partial charge is 0.0401 e. The third-order valence-corrected chi connectivity index (χ3v) is 5.00. The van der Waals surface area contributed by atoms with Crippen LogP contribution in [-0.4, -0.2) is 18.1 Å². The molecule has 1 unspecified atom stereocenters. The molecule has 0 aromatic heterocycles. The number of nitrogens with zero attached hydrogens (tertiary/aromatic N) is 1. The first-order chi connectivity index (χ1) is 9.18. The van der Waals surface area contributed by atoms with Crippen molar-refractivity contribution in [2.24, 2.45) is 5.73 Å². The predicted octanol–water partition coefficient (Wildman–Crippen LogP) is 3.49. The van der Waals surface area contributed by atoms with Crippen LogP contribution in [0, 0.1) is 0 Å². The number of hydrogen-bond donors (Lipinski definition) is 1. The summed E-state index contributed by atoms with van der Waals surface area (Å²) in [6.07, 6.45) is 8.83. The Labute approximate surface area is 117 Å². The van der Waals surface area contributed by atoms with Gasteiger partial charge in [0.05, 0.1) is 0 Å². The van der Waals surface area contributed by atoms with E-state index in [1.54, 1.807) is 0 Å². The van der Waals surface area contributed by atoms with E-state index >= 15 is 0 Å². The van der Waals surface area contributed by atoms with Crippen LogP contribution in [0.1, 0.15) is 51.0 Å². The second-order valence-electron chi connectivity index (χ2n) is 6.57. The first-order valence-electron chi connectivity index (χ1n) is 7.81. The molecule has 0 bridgehead atoms. The fraction of sp³-hybridized carbons (Fsp3) is 0.647. The molecule has 1 aromatic rings. The summed E-state index contributed by atoms with van der Waals surface area (Å²) in [6.45, 7) is 3.38. The Balaban J connectivity index is 1.83. The van der Waals surface area contributed by atoms with Crippen LogP contribution in [0.3, 0.4) is 0 Å². The van der Waals surface area contributed by atoms with Crippen molar-refractivity contribution in [1.29, 1.82) is 0 Å². The van der Waals surface area contributed by atoms with Gasteiger partial charge in [0.1, 0.15) is 0 Å². The summed E-state index contributed by atoms with van der Waals surface area (Å²) in [5.74, 6) is 0. The molecule has 1 atom stereocenters. The molecular formula is C17H26N2. The second kappa shape index (κ2) is 5.16. The van der Waals surface area contributed by atoms with Gasteiger partial charge in [-0.3, -0.25) is 0 Å². The second-order valence-corrected chi connectivity index (χ2v) is 6.57. The van der Waals surface area contributed by atoms with E-state index in [1.165, 1.54) is 56.2 Å². The van der Waals surface area contributed by atoms with Crippen molar-refractivity contribution in [3.05, 3.63) is 29.8 Å². The lowest BCUT2D eigenvalue weighted by molar-refractivity contribution is 0.289. The topological polar surface area (TPSA) is 29.3 Å². The first-order valence-corrected chi connectivity index (χ1v) is 7.81. The van der Waals surface area contributed by atoms with Gasteiger partial charge in [-0.05, 0) is 44.2 Å². The summed E-state index contributed by atoms with van der Waals surface area (Å²) in [4.78, 5) is 2.57. The number of benzene rings is 1. The zero-order valence-electron chi connectivity index (χ0n) is 12.1. The first kappa shape index (κ1) is 13.0. The van der Waals surface area contributed by atoms with Gasteiger partial charge >= 0.3 is 0 Å². The van der Waals surface area contributed by atoms with Crippen LogP contribution in [-0.2, 0) is 6.42 Å². The maximum absolute atomic E-state index is 6.67. The molecular weight excluding hydrogens is 232 g/mol. The Kier molecular flexibility index (Phi) is 3.53. The predicted molar refractivity (Wildman–Crippen MR) is 81.6 cm³/mol. The Bertz CT molecular complexity index is 435. The fourth-order valence-corrected chi connectivity index (χ4v) is 3.75. The number of anilines is 1. The van der Waals surface area contributed by atoms with Crippen LogP contribution in [0.4, 0.5) is 5.69 Å². The largest absolute Gasteiger partial charge is 0.367 e. The van der Waals surface area contributed by atoms with Gasteiger partial charge in [-0.2, -0.15) is 0 Å². The molecule has 0 radical (unpaired) electrons. The number of hydrogen-bond acceptors (Lipinski definition) is 2. The molecule has 0 saturated heterocycles. The molecule has 1 aliphatic heterocycles. The van der Waals surface area contributed by atoms with E-state index in [0.29, 0.717) is 6.04 Å². The third-order valence-electron chi connectivity index (χ3n) is 5.00. The standard InChI is InChI=1S/C17H26N2/c1-14-9-10-15-7-3-4-8-16(15)19(14)13-17(18)11-5-2-6-12-17/h3-4,7-8,14H,2,5-6,9-13,18H2,1H3. The average molecular weight is 258 g/mol. The van der Waals surface area contributed by atoms with Crippen molar-refractivity contribution in [2.45, 2.75) is 63.5 Å².